The largest absolute Gasteiger partial charge is 0.489 e. The zero-order valence-corrected chi connectivity index (χ0v) is 22.6. The van der Waals surface area contributed by atoms with E-state index < -0.39 is 11.8 Å². The van der Waals surface area contributed by atoms with Gasteiger partial charge in [0.1, 0.15) is 18.5 Å². The summed E-state index contributed by atoms with van der Waals surface area (Å²) in [6, 6.07) is 3.45. The fourth-order valence-corrected chi connectivity index (χ4v) is 5.84. The van der Waals surface area contributed by atoms with Gasteiger partial charge in [-0.2, -0.15) is 9.37 Å². The highest BCUT2D eigenvalue weighted by Gasteiger charge is 2.47. The fourth-order valence-electron chi connectivity index (χ4n) is 5.84. The van der Waals surface area contributed by atoms with Crippen LogP contribution in [0.15, 0.2) is 24.0 Å². The molecule has 0 spiro atoms. The average Bonchev–Trinajstić information content (AvgIpc) is 3.65. The highest BCUT2D eigenvalue weighted by atomic mass is 19.1. The van der Waals surface area contributed by atoms with E-state index in [1.54, 1.807) is 13.1 Å². The third-order valence-corrected chi connectivity index (χ3v) is 7.93. The molecule has 216 valence electrons. The van der Waals surface area contributed by atoms with E-state index in [-0.39, 0.29) is 48.2 Å². The van der Waals surface area contributed by atoms with Gasteiger partial charge in [-0.05, 0) is 56.6 Å². The molecule has 3 heterocycles. The maximum absolute atomic E-state index is 14.2. The fraction of sp³-hybridized carbons (Fsp3) is 0.556. The molecule has 2 aromatic heterocycles. The minimum absolute atomic E-state index is 0.0405. The van der Waals surface area contributed by atoms with Crippen molar-refractivity contribution in [2.45, 2.75) is 51.2 Å². The number of hydrogen-bond acceptors (Lipinski definition) is 11. The maximum atomic E-state index is 14.2. The predicted molar refractivity (Wildman–Crippen MR) is 140 cm³/mol. The smallest absolute Gasteiger partial charge is 0.320 e. The van der Waals surface area contributed by atoms with Crippen LogP contribution in [0.1, 0.15) is 43.5 Å². The summed E-state index contributed by atoms with van der Waals surface area (Å²) in [5.74, 6) is 5.34. The second-order valence-electron chi connectivity index (χ2n) is 10.6. The molecule has 13 heteroatoms. The Morgan fingerprint density at radius 3 is 2.73 bits per heavy atom. The number of fused-ring (bicyclic) bond motifs is 1. The van der Waals surface area contributed by atoms with Crippen molar-refractivity contribution in [1.82, 2.24) is 20.0 Å². The zero-order chi connectivity index (χ0) is 28.4. The molecule has 5 N–H and O–H groups in total. The van der Waals surface area contributed by atoms with Gasteiger partial charge in [-0.1, -0.05) is 0 Å². The van der Waals surface area contributed by atoms with Crippen LogP contribution >= 0.6 is 0 Å². The predicted octanol–water partition coefficient (Wildman–Crippen LogP) is 2.27. The maximum Gasteiger partial charge on any atom is 0.320 e. The summed E-state index contributed by atoms with van der Waals surface area (Å²) in [4.78, 5) is 24.1. The van der Waals surface area contributed by atoms with Gasteiger partial charge in [-0.15, -0.1) is 0 Å². The van der Waals surface area contributed by atoms with E-state index in [4.69, 9.17) is 30.5 Å². The highest BCUT2D eigenvalue weighted by Crippen LogP contribution is 2.48. The summed E-state index contributed by atoms with van der Waals surface area (Å²) < 4.78 is 36.9. The molecule has 3 fully saturated rings. The van der Waals surface area contributed by atoms with E-state index in [2.05, 4.69) is 15.0 Å². The number of pyridine rings is 1. The normalized spacial score (nSPS) is 26.2. The molecule has 2 saturated carbocycles. The summed E-state index contributed by atoms with van der Waals surface area (Å²) in [7, 11) is 1.61. The number of carbonyl (C=O) groups is 1. The van der Waals surface area contributed by atoms with Crippen molar-refractivity contribution >= 4 is 11.7 Å². The van der Waals surface area contributed by atoms with Gasteiger partial charge in [-0.3, -0.25) is 4.79 Å². The Balaban J connectivity index is 1.25. The Labute approximate surface area is 231 Å². The van der Waals surface area contributed by atoms with E-state index in [0.717, 1.165) is 31.9 Å². The Bertz CT molecular complexity index is 1270. The number of nitrogens with two attached hydrogens (primary N) is 2. The summed E-state index contributed by atoms with van der Waals surface area (Å²) in [5, 5.41) is 10.8. The molecule has 0 aromatic carbocycles. The van der Waals surface area contributed by atoms with Crippen molar-refractivity contribution in [3.05, 3.63) is 41.2 Å². The van der Waals surface area contributed by atoms with Gasteiger partial charge >= 0.3 is 12.0 Å². The first-order chi connectivity index (χ1) is 19.2. The van der Waals surface area contributed by atoms with Crippen molar-refractivity contribution in [2.75, 3.05) is 26.9 Å². The van der Waals surface area contributed by atoms with Crippen LogP contribution < -0.4 is 25.8 Å². The van der Waals surface area contributed by atoms with Crippen molar-refractivity contribution in [2.24, 2.45) is 29.3 Å². The van der Waals surface area contributed by atoms with Crippen LogP contribution in [-0.2, 0) is 9.53 Å². The number of aryl methyl sites for hydroxylation is 1. The number of aromatic nitrogens is 3. The van der Waals surface area contributed by atoms with Gasteiger partial charge in [0.2, 0.25) is 5.82 Å². The van der Waals surface area contributed by atoms with Crippen LogP contribution in [0.3, 0.4) is 0 Å². The molecular weight excluding hydrogens is 523 g/mol. The molecule has 0 amide bonds. The second kappa shape index (κ2) is 11.8. The summed E-state index contributed by atoms with van der Waals surface area (Å²) in [6.07, 6.45) is 4.57. The molecule has 5 rings (SSSR count). The van der Waals surface area contributed by atoms with Crippen molar-refractivity contribution < 1.29 is 33.2 Å². The SMILES string of the molecule is Cc1nc(/C(N)=C(\COc2ncc(F)c(OC3CCOC3)n2)N(C)N)ccc1OC1CC2CCC(C(=O)O)C2C1. The minimum Gasteiger partial charge on any atom is -0.489 e. The number of carboxylic acids is 1. The van der Waals surface area contributed by atoms with Crippen molar-refractivity contribution in [3.8, 4) is 17.6 Å². The topological polar surface area (TPSA) is 168 Å². The molecular formula is C27H35FN6O6. The average molecular weight is 559 g/mol. The molecule has 1 aliphatic heterocycles. The van der Waals surface area contributed by atoms with Crippen LogP contribution in [0.4, 0.5) is 4.39 Å². The number of aliphatic carboxylic acids is 1. The van der Waals surface area contributed by atoms with Crippen LogP contribution in [0.2, 0.25) is 0 Å². The molecule has 3 aliphatic rings. The van der Waals surface area contributed by atoms with E-state index >= 15 is 0 Å². The van der Waals surface area contributed by atoms with Gasteiger partial charge in [-0.25, -0.2) is 15.8 Å². The number of hydrazine groups is 1. The number of rotatable bonds is 10. The number of hydrogen-bond donors (Lipinski definition) is 3. The summed E-state index contributed by atoms with van der Waals surface area (Å²) in [5.41, 5.74) is 8.24. The van der Waals surface area contributed by atoms with E-state index in [1.807, 2.05) is 13.0 Å². The third-order valence-electron chi connectivity index (χ3n) is 7.93. The van der Waals surface area contributed by atoms with E-state index in [0.29, 0.717) is 48.4 Å². The van der Waals surface area contributed by atoms with Gasteiger partial charge in [0, 0.05) is 13.5 Å². The Kier molecular flexibility index (Phi) is 8.22. The first kappa shape index (κ1) is 27.8. The van der Waals surface area contributed by atoms with E-state index in [9.17, 15) is 14.3 Å². The number of ether oxygens (including phenoxy) is 4. The summed E-state index contributed by atoms with van der Waals surface area (Å²) in [6.45, 7) is 2.63. The lowest BCUT2D eigenvalue weighted by Gasteiger charge is -2.21. The molecule has 0 radical (unpaired) electrons. The van der Waals surface area contributed by atoms with Gasteiger partial charge in [0.25, 0.3) is 5.88 Å². The Hall–Kier alpha value is -3.71. The quantitative estimate of drug-likeness (QED) is 0.288. The van der Waals surface area contributed by atoms with Crippen LogP contribution in [-0.4, -0.2) is 70.1 Å². The second-order valence-corrected chi connectivity index (χ2v) is 10.6. The molecule has 2 aromatic rings. The monoisotopic (exact) mass is 558 g/mol. The van der Waals surface area contributed by atoms with Crippen LogP contribution in [0.25, 0.3) is 5.70 Å². The van der Waals surface area contributed by atoms with E-state index in [1.165, 1.54) is 5.01 Å². The molecule has 0 bridgehead atoms. The lowest BCUT2D eigenvalue weighted by atomic mass is 9.92. The molecule has 2 aliphatic carbocycles. The van der Waals surface area contributed by atoms with Crippen molar-refractivity contribution in [3.63, 3.8) is 0 Å². The van der Waals surface area contributed by atoms with Crippen molar-refractivity contribution in [1.29, 1.82) is 0 Å². The molecule has 1 saturated heterocycles. The van der Waals surface area contributed by atoms with Gasteiger partial charge in [0.05, 0.1) is 54.2 Å². The standard InChI is InChI=1S/C27H35FN6O6/c1-14-23(39-17-9-15-3-4-18(26(35)36)19(15)10-17)6-5-21(32-14)24(29)22(34(2)30)13-38-27-31-11-20(28)25(33-27)40-16-7-8-37-12-16/h5-6,11,15-19H,3-4,7-10,12-13,29-30H2,1-2H3,(H,35,36)/b24-22-. The van der Waals surface area contributed by atoms with Gasteiger partial charge in [0.15, 0.2) is 0 Å². The third kappa shape index (κ3) is 6.04. The van der Waals surface area contributed by atoms with Crippen LogP contribution in [0, 0.1) is 30.5 Å². The lowest BCUT2D eigenvalue weighted by Crippen LogP contribution is -2.31. The zero-order valence-electron chi connectivity index (χ0n) is 22.6. The number of carboxylic acid groups (broad SMARTS) is 1. The number of nitrogens with zero attached hydrogens (tertiary/aromatic N) is 4. The molecule has 40 heavy (non-hydrogen) atoms. The first-order valence-corrected chi connectivity index (χ1v) is 13.4. The molecule has 12 nitrogen and oxygen atoms in total. The number of likely N-dealkylation sites (N-methyl/N-ethyl adjacent to an activating group) is 1. The first-order valence-electron chi connectivity index (χ1n) is 13.4. The molecule has 5 atom stereocenters. The van der Waals surface area contributed by atoms with Crippen LogP contribution in [0.5, 0.6) is 17.6 Å². The summed E-state index contributed by atoms with van der Waals surface area (Å²) >= 11 is 0. The minimum atomic E-state index is -0.707. The number of halogens is 1. The Morgan fingerprint density at radius 2 is 2.02 bits per heavy atom. The molecule has 5 unspecified atom stereocenters. The van der Waals surface area contributed by atoms with Gasteiger partial charge < -0.3 is 34.8 Å². The highest BCUT2D eigenvalue weighted by molar-refractivity contribution is 5.71. The Morgan fingerprint density at radius 1 is 1.20 bits per heavy atom. The lowest BCUT2D eigenvalue weighted by molar-refractivity contribution is -0.143.